The van der Waals surface area contributed by atoms with Gasteiger partial charge in [0.05, 0.1) is 26.6 Å². The molecule has 0 radical (unpaired) electrons. The summed E-state index contributed by atoms with van der Waals surface area (Å²) in [4.78, 5) is 37.6. The molecule has 1 aliphatic rings. The quantitative estimate of drug-likeness (QED) is 0.119. The number of carbonyl (C=O) groups excluding carboxylic acids is 2. The minimum Gasteiger partial charge on any atom is -0.490 e. The number of hydrogen-bond donors (Lipinski definition) is 0. The summed E-state index contributed by atoms with van der Waals surface area (Å²) < 4.78 is 12.6. The fourth-order valence-electron chi connectivity index (χ4n) is 3.58. The zero-order valence-electron chi connectivity index (χ0n) is 19.2. The number of nitro benzene ring substituents is 1. The van der Waals surface area contributed by atoms with E-state index in [2.05, 4.69) is 22.6 Å². The Morgan fingerprint density at radius 2 is 1.78 bits per heavy atom. The van der Waals surface area contributed by atoms with E-state index in [9.17, 15) is 19.7 Å². The van der Waals surface area contributed by atoms with Crippen LogP contribution < -0.4 is 9.47 Å². The van der Waals surface area contributed by atoms with Crippen molar-refractivity contribution in [3.63, 3.8) is 0 Å². The van der Waals surface area contributed by atoms with E-state index < -0.39 is 16.1 Å². The van der Waals surface area contributed by atoms with Crippen LogP contribution in [-0.2, 0) is 17.9 Å². The second-order valence-corrected chi connectivity index (χ2v) is 9.85. The van der Waals surface area contributed by atoms with Crippen LogP contribution in [0.4, 0.5) is 10.5 Å². The van der Waals surface area contributed by atoms with E-state index in [-0.39, 0.29) is 17.1 Å². The summed E-state index contributed by atoms with van der Waals surface area (Å²) in [5.41, 5.74) is 1.85. The third-order valence-electron chi connectivity index (χ3n) is 5.25. The van der Waals surface area contributed by atoms with Gasteiger partial charge in [0.2, 0.25) is 0 Å². The lowest BCUT2D eigenvalue weighted by Gasteiger charge is -2.15. The highest BCUT2D eigenvalue weighted by Gasteiger charge is 2.36. The Labute approximate surface area is 225 Å². The van der Waals surface area contributed by atoms with Gasteiger partial charge >= 0.3 is 0 Å². The largest absolute Gasteiger partial charge is 0.490 e. The summed E-state index contributed by atoms with van der Waals surface area (Å²) >= 11 is 2.95. The minimum atomic E-state index is -0.525. The van der Waals surface area contributed by atoms with Gasteiger partial charge in [-0.15, -0.1) is 0 Å². The van der Waals surface area contributed by atoms with E-state index in [4.69, 9.17) is 9.47 Å². The van der Waals surface area contributed by atoms with Gasteiger partial charge in [-0.1, -0.05) is 48.5 Å². The molecule has 1 saturated heterocycles. The number of imide groups is 1. The molecule has 0 N–H and O–H groups in total. The molecule has 3 aromatic rings. The molecule has 10 heteroatoms. The molecule has 0 atom stereocenters. The number of hydrogen-bond acceptors (Lipinski definition) is 7. The molecule has 0 bridgehead atoms. The SMILES string of the molecule is CCOc1cc(/C=C2\SC(=O)N(Cc3ccccc3[N+](=O)[O-])C2=O)cc(I)c1OCc1ccccc1. The van der Waals surface area contributed by atoms with E-state index in [1.165, 1.54) is 12.1 Å². The Morgan fingerprint density at radius 1 is 1.06 bits per heavy atom. The zero-order valence-corrected chi connectivity index (χ0v) is 22.2. The first-order chi connectivity index (χ1) is 17.4. The molecule has 0 aliphatic carbocycles. The molecule has 8 nitrogen and oxygen atoms in total. The smallest absolute Gasteiger partial charge is 0.293 e. The van der Waals surface area contributed by atoms with Crippen LogP contribution in [0.2, 0.25) is 0 Å². The number of nitro groups is 1. The molecule has 1 heterocycles. The van der Waals surface area contributed by atoms with E-state index in [0.717, 1.165) is 25.8 Å². The van der Waals surface area contributed by atoms with Crippen molar-refractivity contribution < 1.29 is 24.0 Å². The Morgan fingerprint density at radius 3 is 2.50 bits per heavy atom. The van der Waals surface area contributed by atoms with Gasteiger partial charge in [-0.3, -0.25) is 24.6 Å². The molecule has 2 amide bonds. The van der Waals surface area contributed by atoms with Gasteiger partial charge in [0, 0.05) is 11.6 Å². The highest BCUT2D eigenvalue weighted by molar-refractivity contribution is 14.1. The third kappa shape index (κ3) is 5.88. The molecule has 0 unspecified atom stereocenters. The first-order valence-electron chi connectivity index (χ1n) is 11.0. The van der Waals surface area contributed by atoms with Gasteiger partial charge in [-0.25, -0.2) is 0 Å². The fraction of sp³-hybridized carbons (Fsp3) is 0.154. The van der Waals surface area contributed by atoms with Crippen molar-refractivity contribution in [1.29, 1.82) is 0 Å². The van der Waals surface area contributed by atoms with Crippen molar-refractivity contribution >= 4 is 57.3 Å². The fourth-order valence-corrected chi connectivity index (χ4v) is 5.20. The highest BCUT2D eigenvalue weighted by atomic mass is 127. The summed E-state index contributed by atoms with van der Waals surface area (Å²) in [7, 11) is 0. The summed E-state index contributed by atoms with van der Waals surface area (Å²) in [5.74, 6) is 0.634. The highest BCUT2D eigenvalue weighted by Crippen LogP contribution is 2.38. The number of carbonyl (C=O) groups is 2. The molecule has 1 aliphatic heterocycles. The lowest BCUT2D eigenvalue weighted by atomic mass is 10.1. The lowest BCUT2D eigenvalue weighted by molar-refractivity contribution is -0.385. The Balaban J connectivity index is 1.57. The standard InChI is InChI=1S/C26H21IN2O6S/c1-2-34-22-13-18(12-20(27)24(22)35-16-17-8-4-3-5-9-17)14-23-25(30)28(26(31)36-23)15-19-10-6-7-11-21(19)29(32)33/h3-14H,2,15-16H2,1H3/b23-14-. The van der Waals surface area contributed by atoms with Crippen LogP contribution in [0.5, 0.6) is 11.5 Å². The van der Waals surface area contributed by atoms with E-state index in [0.29, 0.717) is 35.8 Å². The number of para-hydroxylation sites is 1. The summed E-state index contributed by atoms with van der Waals surface area (Å²) in [6.45, 7) is 2.50. The second-order valence-electron chi connectivity index (χ2n) is 7.69. The summed E-state index contributed by atoms with van der Waals surface area (Å²) in [6, 6.07) is 19.5. The van der Waals surface area contributed by atoms with Crippen LogP contribution in [0.1, 0.15) is 23.6 Å². The third-order valence-corrected chi connectivity index (χ3v) is 6.95. The predicted molar refractivity (Wildman–Crippen MR) is 146 cm³/mol. The van der Waals surface area contributed by atoms with Crippen molar-refractivity contribution in [2.45, 2.75) is 20.1 Å². The van der Waals surface area contributed by atoms with Crippen molar-refractivity contribution in [2.75, 3.05) is 6.61 Å². The van der Waals surface area contributed by atoms with Crippen molar-refractivity contribution in [3.05, 3.63) is 102 Å². The molecule has 4 rings (SSSR count). The molecule has 0 saturated carbocycles. The van der Waals surface area contributed by atoms with Gasteiger partial charge < -0.3 is 9.47 Å². The number of amides is 2. The van der Waals surface area contributed by atoms with Crippen molar-refractivity contribution in [1.82, 2.24) is 4.90 Å². The molecular weight excluding hydrogens is 595 g/mol. The molecule has 3 aromatic carbocycles. The van der Waals surface area contributed by atoms with Crippen molar-refractivity contribution in [3.8, 4) is 11.5 Å². The van der Waals surface area contributed by atoms with E-state index >= 15 is 0 Å². The Kier molecular flexibility index (Phi) is 8.26. The van der Waals surface area contributed by atoms with Crippen molar-refractivity contribution in [2.24, 2.45) is 0 Å². The van der Waals surface area contributed by atoms with Crippen LogP contribution in [0.15, 0.2) is 71.6 Å². The second kappa shape index (κ2) is 11.6. The van der Waals surface area contributed by atoms with Crippen LogP contribution in [0, 0.1) is 13.7 Å². The number of benzene rings is 3. The maximum Gasteiger partial charge on any atom is 0.293 e. The lowest BCUT2D eigenvalue weighted by Crippen LogP contribution is -2.27. The van der Waals surface area contributed by atoms with Crippen LogP contribution in [-0.4, -0.2) is 27.6 Å². The Hall–Kier alpha value is -3.38. The molecule has 0 aromatic heterocycles. The van der Waals surface area contributed by atoms with Gasteiger partial charge in [-0.05, 0) is 70.6 Å². The first kappa shape index (κ1) is 25.7. The number of ether oxygens (including phenoxy) is 2. The predicted octanol–water partition coefficient (Wildman–Crippen LogP) is 6.41. The van der Waals surface area contributed by atoms with Crippen LogP contribution >= 0.6 is 34.4 Å². The van der Waals surface area contributed by atoms with Crippen LogP contribution in [0.25, 0.3) is 6.08 Å². The topological polar surface area (TPSA) is 99.0 Å². The molecule has 1 fully saturated rings. The number of rotatable bonds is 9. The molecule has 0 spiro atoms. The average molecular weight is 616 g/mol. The van der Waals surface area contributed by atoms with E-state index in [1.807, 2.05) is 43.3 Å². The number of thioether (sulfide) groups is 1. The summed E-state index contributed by atoms with van der Waals surface area (Å²) in [6.07, 6.45) is 1.62. The number of nitrogens with zero attached hydrogens (tertiary/aromatic N) is 2. The summed E-state index contributed by atoms with van der Waals surface area (Å²) in [5, 5.41) is 10.8. The average Bonchev–Trinajstić information content (AvgIpc) is 3.12. The molecule has 36 heavy (non-hydrogen) atoms. The van der Waals surface area contributed by atoms with Crippen LogP contribution in [0.3, 0.4) is 0 Å². The molecular formula is C26H21IN2O6S. The maximum atomic E-state index is 13.0. The normalized spacial score (nSPS) is 14.4. The van der Waals surface area contributed by atoms with E-state index in [1.54, 1.807) is 24.3 Å². The van der Waals surface area contributed by atoms with Gasteiger partial charge in [0.1, 0.15) is 6.61 Å². The van der Waals surface area contributed by atoms with Gasteiger partial charge in [0.25, 0.3) is 16.8 Å². The van der Waals surface area contributed by atoms with Gasteiger partial charge in [0.15, 0.2) is 11.5 Å². The van der Waals surface area contributed by atoms with Gasteiger partial charge in [-0.2, -0.15) is 0 Å². The first-order valence-corrected chi connectivity index (χ1v) is 12.9. The minimum absolute atomic E-state index is 0.137. The molecule has 184 valence electrons. The Bertz CT molecular complexity index is 1350. The number of halogens is 1. The zero-order chi connectivity index (χ0) is 25.7. The maximum absolute atomic E-state index is 13.0. The monoisotopic (exact) mass is 616 g/mol.